The van der Waals surface area contributed by atoms with Crippen LogP contribution in [-0.2, 0) is 4.79 Å². The van der Waals surface area contributed by atoms with Crippen LogP contribution in [0.2, 0.25) is 0 Å². The first-order chi connectivity index (χ1) is 17.0. The fourth-order valence-electron chi connectivity index (χ4n) is 6.19. The predicted molar refractivity (Wildman–Crippen MR) is 142 cm³/mol. The molecule has 2 aliphatic heterocycles. The minimum Gasteiger partial charge on any atom is -0.497 e. The Labute approximate surface area is 209 Å². The first-order valence-electron chi connectivity index (χ1n) is 13.0. The molecule has 6 nitrogen and oxygen atoms in total. The number of hydrogen-bond donors (Lipinski definition) is 0. The topological polar surface area (TPSA) is 48.4 Å². The normalized spacial score (nSPS) is 24.8. The van der Waals surface area contributed by atoms with E-state index >= 15 is 0 Å². The molecule has 2 aromatic rings. The van der Waals surface area contributed by atoms with Gasteiger partial charge in [-0.15, -0.1) is 0 Å². The van der Waals surface area contributed by atoms with Gasteiger partial charge in [0.2, 0.25) is 5.91 Å². The number of benzene rings is 2. The fraction of sp³-hybridized carbons (Fsp3) is 0.517. The second-order valence-corrected chi connectivity index (χ2v) is 10.5. The molecule has 0 bridgehead atoms. The predicted octanol–water partition coefficient (Wildman–Crippen LogP) is 4.69. The number of rotatable bonds is 4. The number of likely N-dealkylation sites (N-methyl/N-ethyl adjacent to an activating group) is 1. The number of nitrogens with zero attached hydrogens (tertiary/aromatic N) is 4. The van der Waals surface area contributed by atoms with E-state index in [2.05, 4.69) is 48.0 Å². The molecule has 5 rings (SSSR count). The summed E-state index contributed by atoms with van der Waals surface area (Å²) in [6.45, 7) is 6.62. The van der Waals surface area contributed by atoms with E-state index < -0.39 is 5.41 Å². The summed E-state index contributed by atoms with van der Waals surface area (Å²) in [4.78, 5) is 26.6. The maximum absolute atomic E-state index is 14.4. The molecular formula is C29H38N4O2. The van der Waals surface area contributed by atoms with E-state index in [1.165, 1.54) is 12.0 Å². The number of piperazine rings is 1. The average molecular weight is 475 g/mol. The van der Waals surface area contributed by atoms with Crippen molar-refractivity contribution in [1.29, 1.82) is 0 Å². The number of hydrogen-bond acceptors (Lipinski definition) is 5. The van der Waals surface area contributed by atoms with E-state index in [9.17, 15) is 4.79 Å². The van der Waals surface area contributed by atoms with Crippen LogP contribution >= 0.6 is 0 Å². The minimum absolute atomic E-state index is 0.0489. The van der Waals surface area contributed by atoms with Crippen LogP contribution in [0, 0.1) is 12.3 Å². The average Bonchev–Trinajstić information content (AvgIpc) is 2.89. The molecule has 3 aliphatic rings. The van der Waals surface area contributed by atoms with Crippen molar-refractivity contribution in [2.75, 3.05) is 51.8 Å². The Kier molecular flexibility index (Phi) is 6.94. The Balaban J connectivity index is 1.60. The Bertz CT molecular complexity index is 1050. The number of ether oxygens (including phenoxy) is 1. The summed E-state index contributed by atoms with van der Waals surface area (Å²) in [5.41, 5.74) is 3.80. The lowest BCUT2D eigenvalue weighted by molar-refractivity contribution is -0.134. The first-order valence-corrected chi connectivity index (χ1v) is 13.0. The summed E-state index contributed by atoms with van der Waals surface area (Å²) < 4.78 is 5.36. The quantitative estimate of drug-likeness (QED) is 0.645. The third kappa shape index (κ3) is 4.74. The smallest absolute Gasteiger partial charge is 0.235 e. The Morgan fingerprint density at radius 3 is 2.20 bits per heavy atom. The van der Waals surface area contributed by atoms with Gasteiger partial charge in [0.15, 0.2) is 0 Å². The van der Waals surface area contributed by atoms with Crippen molar-refractivity contribution < 1.29 is 9.53 Å². The lowest BCUT2D eigenvalue weighted by atomic mass is 9.64. The van der Waals surface area contributed by atoms with Crippen LogP contribution in [0.4, 0.5) is 11.4 Å². The van der Waals surface area contributed by atoms with Gasteiger partial charge < -0.3 is 14.5 Å². The van der Waals surface area contributed by atoms with Crippen LogP contribution in [0.1, 0.15) is 37.7 Å². The van der Waals surface area contributed by atoms with Crippen LogP contribution in [0.5, 0.6) is 5.75 Å². The second-order valence-electron chi connectivity index (χ2n) is 10.5. The largest absolute Gasteiger partial charge is 0.497 e. The van der Waals surface area contributed by atoms with Gasteiger partial charge in [0.1, 0.15) is 5.75 Å². The highest BCUT2D eigenvalue weighted by molar-refractivity contribution is 6.13. The van der Waals surface area contributed by atoms with Gasteiger partial charge in [0.25, 0.3) is 0 Å². The van der Waals surface area contributed by atoms with Crippen molar-refractivity contribution in [2.24, 2.45) is 10.4 Å². The van der Waals surface area contributed by atoms with E-state index in [0.717, 1.165) is 74.7 Å². The van der Waals surface area contributed by atoms with Crippen molar-refractivity contribution in [2.45, 2.75) is 45.1 Å². The van der Waals surface area contributed by atoms with Crippen LogP contribution in [0.25, 0.3) is 0 Å². The lowest BCUT2D eigenvalue weighted by Gasteiger charge is -2.54. The highest BCUT2D eigenvalue weighted by Gasteiger charge is 2.56. The molecule has 1 spiro atoms. The fourth-order valence-corrected chi connectivity index (χ4v) is 6.19. The summed E-state index contributed by atoms with van der Waals surface area (Å²) in [7, 11) is 3.87. The van der Waals surface area contributed by atoms with Gasteiger partial charge in [-0.3, -0.25) is 14.7 Å². The third-order valence-electron chi connectivity index (χ3n) is 8.17. The number of carbonyl (C=O) groups excluding carboxylic acids is 1. The monoisotopic (exact) mass is 474 g/mol. The number of methoxy groups -OCH3 is 1. The number of carbonyl (C=O) groups is 1. The molecule has 2 heterocycles. The van der Waals surface area contributed by atoms with Gasteiger partial charge in [-0.1, -0.05) is 37.0 Å². The molecule has 186 valence electrons. The van der Waals surface area contributed by atoms with Crippen molar-refractivity contribution in [3.63, 3.8) is 0 Å². The van der Waals surface area contributed by atoms with Gasteiger partial charge in [0.05, 0.1) is 36.5 Å². The Morgan fingerprint density at radius 2 is 1.57 bits per heavy atom. The number of aliphatic imine (C=N–C) groups is 1. The summed E-state index contributed by atoms with van der Waals surface area (Å²) in [6.07, 6.45) is 5.29. The van der Waals surface area contributed by atoms with Crippen molar-refractivity contribution >= 4 is 23.0 Å². The highest BCUT2D eigenvalue weighted by atomic mass is 16.5. The molecule has 1 atom stereocenters. The number of anilines is 1. The lowest BCUT2D eigenvalue weighted by Crippen LogP contribution is -2.68. The van der Waals surface area contributed by atoms with Crippen LogP contribution in [0.3, 0.4) is 0 Å². The van der Waals surface area contributed by atoms with Gasteiger partial charge >= 0.3 is 0 Å². The molecule has 0 N–H and O–H groups in total. The first kappa shape index (κ1) is 24.0. The summed E-state index contributed by atoms with van der Waals surface area (Å²) in [5, 5.41) is 0. The zero-order chi connectivity index (χ0) is 24.4. The van der Waals surface area contributed by atoms with Crippen molar-refractivity contribution in [3.8, 4) is 5.75 Å². The van der Waals surface area contributed by atoms with Gasteiger partial charge in [-0.05, 0) is 63.2 Å². The minimum atomic E-state index is -0.414. The van der Waals surface area contributed by atoms with E-state index in [-0.39, 0.29) is 6.04 Å². The molecule has 0 aromatic heterocycles. The summed E-state index contributed by atoms with van der Waals surface area (Å²) in [6, 6.07) is 16.4. The molecule has 1 saturated carbocycles. The zero-order valence-corrected chi connectivity index (χ0v) is 21.4. The maximum Gasteiger partial charge on any atom is 0.235 e. The number of piperidine rings is 1. The highest BCUT2D eigenvalue weighted by Crippen LogP contribution is 2.47. The van der Waals surface area contributed by atoms with E-state index in [4.69, 9.17) is 9.73 Å². The van der Waals surface area contributed by atoms with Gasteiger partial charge in [-0.25, -0.2) is 0 Å². The molecule has 2 aromatic carbocycles. The molecule has 1 unspecified atom stereocenters. The molecule has 1 amide bonds. The number of amides is 1. The Morgan fingerprint density at radius 1 is 0.914 bits per heavy atom. The SMILES string of the molecule is COc1ccc(/N=C2/CN(c3ccc(C)cc3)C(=O)C3(CCCCC3)C2N2CCN(C)CC2)cc1. The summed E-state index contributed by atoms with van der Waals surface area (Å²) >= 11 is 0. The third-order valence-corrected chi connectivity index (χ3v) is 8.17. The van der Waals surface area contributed by atoms with Gasteiger partial charge in [0, 0.05) is 31.9 Å². The van der Waals surface area contributed by atoms with E-state index in [1.54, 1.807) is 7.11 Å². The molecule has 6 heteroatoms. The molecule has 2 saturated heterocycles. The molecule has 1 aliphatic carbocycles. The van der Waals surface area contributed by atoms with Crippen LogP contribution in [-0.4, -0.2) is 74.3 Å². The van der Waals surface area contributed by atoms with E-state index in [0.29, 0.717) is 12.5 Å². The van der Waals surface area contributed by atoms with Crippen molar-refractivity contribution in [1.82, 2.24) is 9.80 Å². The van der Waals surface area contributed by atoms with Gasteiger partial charge in [-0.2, -0.15) is 0 Å². The second kappa shape index (κ2) is 10.1. The molecular weight excluding hydrogens is 436 g/mol. The number of aryl methyl sites for hydroxylation is 1. The Hall–Kier alpha value is -2.70. The van der Waals surface area contributed by atoms with E-state index in [1.807, 2.05) is 29.2 Å². The standard InChI is InChI=1S/C29H38N4O2/c1-22-7-11-24(12-8-22)33-21-26(30-23-9-13-25(35-3)14-10-23)27(32-19-17-31(2)18-20-32)29(28(33)34)15-5-4-6-16-29/h7-14,27H,4-6,15-21H2,1-3H3/b30-26-. The molecule has 3 fully saturated rings. The van der Waals surface area contributed by atoms with Crippen molar-refractivity contribution in [3.05, 3.63) is 54.1 Å². The maximum atomic E-state index is 14.4. The summed E-state index contributed by atoms with van der Waals surface area (Å²) in [5.74, 6) is 1.12. The molecule has 0 radical (unpaired) electrons. The van der Waals surface area contributed by atoms with Crippen LogP contribution < -0.4 is 9.64 Å². The molecule has 35 heavy (non-hydrogen) atoms. The zero-order valence-electron chi connectivity index (χ0n) is 21.4. The van der Waals surface area contributed by atoms with Crippen LogP contribution in [0.15, 0.2) is 53.5 Å².